The lowest BCUT2D eigenvalue weighted by atomic mass is 10.1. The molecule has 31 heavy (non-hydrogen) atoms. The van der Waals surface area contributed by atoms with E-state index in [0.29, 0.717) is 0 Å². The van der Waals surface area contributed by atoms with Crippen LogP contribution in [0.2, 0.25) is 0 Å². The van der Waals surface area contributed by atoms with Gasteiger partial charge in [0.2, 0.25) is 5.91 Å². The Kier molecular flexibility index (Phi) is 6.49. The highest BCUT2D eigenvalue weighted by molar-refractivity contribution is 5.73. The Bertz CT molecular complexity index is 896. The molecule has 7 heteroatoms. The van der Waals surface area contributed by atoms with Crippen LogP contribution in [0.1, 0.15) is 44.7 Å². The van der Waals surface area contributed by atoms with Crippen LogP contribution in [0, 0.1) is 0 Å². The number of amides is 1. The molecule has 0 bridgehead atoms. The number of carbonyl (C=O) groups is 1. The summed E-state index contributed by atoms with van der Waals surface area (Å²) in [6.45, 7) is 7.31. The van der Waals surface area contributed by atoms with E-state index in [1.54, 1.807) is 7.11 Å². The molecule has 0 spiro atoms. The zero-order valence-electron chi connectivity index (χ0n) is 18.6. The van der Waals surface area contributed by atoms with Crippen molar-refractivity contribution in [1.82, 2.24) is 10.3 Å². The van der Waals surface area contributed by atoms with Crippen molar-refractivity contribution in [3.8, 4) is 11.5 Å². The standard InChI is InChI=1S/C24H32N4O3/c1-17(26-18(2)29)19-6-8-20(9-7-19)31-21-11-15-28(16-21)22-10-12-25-24(23(22)30-3)27-13-4-5-14-27/h6-10,12,17,21H,4-5,11,13-16H2,1-3H3,(H,26,29)/t17-,21+/m0/s1. The smallest absolute Gasteiger partial charge is 0.217 e. The maximum Gasteiger partial charge on any atom is 0.217 e. The summed E-state index contributed by atoms with van der Waals surface area (Å²) >= 11 is 0. The van der Waals surface area contributed by atoms with Crippen LogP contribution in [0.4, 0.5) is 11.5 Å². The average molecular weight is 425 g/mol. The molecule has 1 aromatic carbocycles. The second-order valence-corrected chi connectivity index (χ2v) is 8.35. The van der Waals surface area contributed by atoms with Gasteiger partial charge in [-0.15, -0.1) is 0 Å². The van der Waals surface area contributed by atoms with E-state index in [4.69, 9.17) is 9.47 Å². The molecule has 2 aliphatic rings. The van der Waals surface area contributed by atoms with Crippen molar-refractivity contribution >= 4 is 17.4 Å². The van der Waals surface area contributed by atoms with Crippen LogP contribution >= 0.6 is 0 Å². The van der Waals surface area contributed by atoms with Crippen LogP contribution in [-0.2, 0) is 4.79 Å². The number of pyridine rings is 1. The summed E-state index contributed by atoms with van der Waals surface area (Å²) < 4.78 is 12.1. The van der Waals surface area contributed by atoms with E-state index in [0.717, 1.165) is 61.2 Å². The first-order valence-electron chi connectivity index (χ1n) is 11.1. The average Bonchev–Trinajstić information content (AvgIpc) is 3.45. The van der Waals surface area contributed by atoms with Crippen LogP contribution in [-0.4, -0.2) is 50.3 Å². The minimum atomic E-state index is -0.0293. The van der Waals surface area contributed by atoms with Gasteiger partial charge in [0.05, 0.1) is 25.4 Å². The van der Waals surface area contributed by atoms with Crippen molar-refractivity contribution in [2.45, 2.75) is 45.3 Å². The summed E-state index contributed by atoms with van der Waals surface area (Å²) in [6.07, 6.45) is 5.36. The van der Waals surface area contributed by atoms with E-state index in [2.05, 4.69) is 20.1 Å². The number of hydrogen-bond acceptors (Lipinski definition) is 6. The molecule has 4 rings (SSSR count). The number of anilines is 2. The molecule has 1 N–H and O–H groups in total. The number of nitrogens with one attached hydrogen (secondary N) is 1. The largest absolute Gasteiger partial charge is 0.491 e. The normalized spacial score (nSPS) is 19.4. The zero-order valence-corrected chi connectivity index (χ0v) is 18.6. The highest BCUT2D eigenvalue weighted by atomic mass is 16.5. The Morgan fingerprint density at radius 2 is 1.87 bits per heavy atom. The van der Waals surface area contributed by atoms with E-state index >= 15 is 0 Å². The Morgan fingerprint density at radius 1 is 1.13 bits per heavy atom. The number of methoxy groups -OCH3 is 1. The number of benzene rings is 1. The van der Waals surface area contributed by atoms with Gasteiger partial charge in [0.1, 0.15) is 11.9 Å². The summed E-state index contributed by atoms with van der Waals surface area (Å²) in [5, 5.41) is 2.90. The SMILES string of the molecule is COc1c(N2CC[C@@H](Oc3ccc([C@H](C)NC(C)=O)cc3)C2)ccnc1N1CCCC1. The molecule has 2 aromatic rings. The lowest BCUT2D eigenvalue weighted by Gasteiger charge is -2.25. The lowest BCUT2D eigenvalue weighted by molar-refractivity contribution is -0.119. The van der Waals surface area contributed by atoms with Gasteiger partial charge in [-0.1, -0.05) is 12.1 Å². The van der Waals surface area contributed by atoms with Crippen LogP contribution in [0.5, 0.6) is 11.5 Å². The van der Waals surface area contributed by atoms with Crippen LogP contribution < -0.4 is 24.6 Å². The van der Waals surface area contributed by atoms with Gasteiger partial charge in [-0.3, -0.25) is 4.79 Å². The van der Waals surface area contributed by atoms with E-state index < -0.39 is 0 Å². The molecule has 166 valence electrons. The Hall–Kier alpha value is -2.96. The fourth-order valence-electron chi connectivity index (χ4n) is 4.49. The third-order valence-corrected chi connectivity index (χ3v) is 6.06. The molecule has 1 amide bonds. The minimum absolute atomic E-state index is 0.0162. The topological polar surface area (TPSA) is 66.9 Å². The number of ether oxygens (including phenoxy) is 2. The minimum Gasteiger partial charge on any atom is -0.491 e. The van der Waals surface area contributed by atoms with E-state index in [9.17, 15) is 4.79 Å². The molecule has 1 aromatic heterocycles. The second-order valence-electron chi connectivity index (χ2n) is 8.35. The molecule has 0 saturated carbocycles. The summed E-state index contributed by atoms with van der Waals surface area (Å²) in [5.41, 5.74) is 2.15. The first-order chi connectivity index (χ1) is 15.0. The molecule has 2 aliphatic heterocycles. The van der Waals surface area contributed by atoms with E-state index in [1.165, 1.54) is 19.8 Å². The van der Waals surface area contributed by atoms with Crippen molar-refractivity contribution in [2.75, 3.05) is 43.1 Å². The summed E-state index contributed by atoms with van der Waals surface area (Å²) in [6, 6.07) is 10.0. The van der Waals surface area contributed by atoms with Gasteiger partial charge in [0.25, 0.3) is 0 Å². The summed E-state index contributed by atoms with van der Waals surface area (Å²) in [4.78, 5) is 20.5. The molecule has 3 heterocycles. The molecule has 0 radical (unpaired) electrons. The van der Waals surface area contributed by atoms with Crippen molar-refractivity contribution in [3.63, 3.8) is 0 Å². The third kappa shape index (κ3) is 4.86. The Balaban J connectivity index is 1.41. The lowest BCUT2D eigenvalue weighted by Crippen LogP contribution is -2.26. The molecule has 2 fully saturated rings. The molecule has 7 nitrogen and oxygen atoms in total. The van der Waals surface area contributed by atoms with Gasteiger partial charge in [0.15, 0.2) is 11.6 Å². The molecular weight excluding hydrogens is 392 g/mol. The first kappa shape index (κ1) is 21.3. The van der Waals surface area contributed by atoms with Crippen molar-refractivity contribution < 1.29 is 14.3 Å². The molecule has 2 saturated heterocycles. The monoisotopic (exact) mass is 424 g/mol. The Labute approximate surface area is 184 Å². The summed E-state index contributed by atoms with van der Waals surface area (Å²) in [7, 11) is 1.73. The van der Waals surface area contributed by atoms with Crippen molar-refractivity contribution in [3.05, 3.63) is 42.1 Å². The number of nitrogens with zero attached hydrogens (tertiary/aromatic N) is 3. The van der Waals surface area contributed by atoms with Crippen LogP contribution in [0.15, 0.2) is 36.5 Å². The fourth-order valence-corrected chi connectivity index (χ4v) is 4.49. The maximum atomic E-state index is 11.3. The van der Waals surface area contributed by atoms with Crippen molar-refractivity contribution in [2.24, 2.45) is 0 Å². The molecule has 2 atom stereocenters. The highest BCUT2D eigenvalue weighted by Gasteiger charge is 2.29. The maximum absolute atomic E-state index is 11.3. The van der Waals surface area contributed by atoms with Gasteiger partial charge in [-0.05, 0) is 43.5 Å². The van der Waals surface area contributed by atoms with E-state index in [1.807, 2.05) is 43.5 Å². The first-order valence-corrected chi connectivity index (χ1v) is 11.1. The predicted octanol–water partition coefficient (Wildman–Crippen LogP) is 3.55. The summed E-state index contributed by atoms with van der Waals surface area (Å²) in [5.74, 6) is 2.63. The Morgan fingerprint density at radius 3 is 2.55 bits per heavy atom. The van der Waals surface area contributed by atoms with Gasteiger partial charge >= 0.3 is 0 Å². The van der Waals surface area contributed by atoms with Gasteiger partial charge in [-0.2, -0.15) is 0 Å². The van der Waals surface area contributed by atoms with Crippen LogP contribution in [0.3, 0.4) is 0 Å². The van der Waals surface area contributed by atoms with Crippen LogP contribution in [0.25, 0.3) is 0 Å². The molecule has 0 aliphatic carbocycles. The quantitative estimate of drug-likeness (QED) is 0.733. The third-order valence-electron chi connectivity index (χ3n) is 6.06. The van der Waals surface area contributed by atoms with Gasteiger partial charge in [-0.25, -0.2) is 4.98 Å². The van der Waals surface area contributed by atoms with Crippen molar-refractivity contribution in [1.29, 1.82) is 0 Å². The number of aromatic nitrogens is 1. The van der Waals surface area contributed by atoms with E-state index in [-0.39, 0.29) is 18.1 Å². The second kappa shape index (κ2) is 9.45. The van der Waals surface area contributed by atoms with Gasteiger partial charge in [0, 0.05) is 39.2 Å². The number of rotatable bonds is 7. The van der Waals surface area contributed by atoms with Gasteiger partial charge < -0.3 is 24.6 Å². The highest BCUT2D eigenvalue weighted by Crippen LogP contribution is 2.39. The predicted molar refractivity (Wildman–Crippen MR) is 122 cm³/mol. The zero-order chi connectivity index (χ0) is 21.8. The number of hydrogen-bond donors (Lipinski definition) is 1. The fraction of sp³-hybridized carbons (Fsp3) is 0.500. The number of carbonyl (C=O) groups excluding carboxylic acids is 1. The molecular formula is C24H32N4O3. The molecule has 0 unspecified atom stereocenters.